The van der Waals surface area contributed by atoms with Crippen molar-refractivity contribution in [3.63, 3.8) is 0 Å². The summed E-state index contributed by atoms with van der Waals surface area (Å²) in [6.07, 6.45) is 0.0725. The standard InChI is InChI=1S/C14H14N2O3S/c1-16(7-11-8-20-9-15-11)13(17)6-10-4-2-3-5-12(10)14(18)19/h2-5,8-9H,6-7H2,1H3,(H,18,19). The summed E-state index contributed by atoms with van der Waals surface area (Å²) < 4.78 is 0. The average molecular weight is 290 g/mol. The minimum atomic E-state index is -1.02. The van der Waals surface area contributed by atoms with Crippen molar-refractivity contribution in [2.75, 3.05) is 7.05 Å². The van der Waals surface area contributed by atoms with Gasteiger partial charge in [0, 0.05) is 12.4 Å². The van der Waals surface area contributed by atoms with Gasteiger partial charge < -0.3 is 10.0 Å². The van der Waals surface area contributed by atoms with E-state index >= 15 is 0 Å². The number of nitrogens with zero attached hydrogens (tertiary/aromatic N) is 2. The molecule has 0 aliphatic heterocycles. The first-order valence-corrected chi connectivity index (χ1v) is 6.94. The summed E-state index contributed by atoms with van der Waals surface area (Å²) in [6.45, 7) is 0.428. The smallest absolute Gasteiger partial charge is 0.335 e. The first kappa shape index (κ1) is 14.2. The molecule has 1 aromatic heterocycles. The molecule has 1 N–H and O–H groups in total. The molecular formula is C14H14N2O3S. The second-order valence-corrected chi connectivity index (χ2v) is 5.09. The normalized spacial score (nSPS) is 10.2. The summed E-state index contributed by atoms with van der Waals surface area (Å²) in [5, 5.41) is 11.0. The van der Waals surface area contributed by atoms with Gasteiger partial charge >= 0.3 is 5.97 Å². The van der Waals surface area contributed by atoms with Crippen molar-refractivity contribution in [1.82, 2.24) is 9.88 Å². The topological polar surface area (TPSA) is 70.5 Å². The van der Waals surface area contributed by atoms with E-state index in [9.17, 15) is 9.59 Å². The molecule has 6 heteroatoms. The van der Waals surface area contributed by atoms with Gasteiger partial charge in [-0.1, -0.05) is 18.2 Å². The number of carboxylic acid groups (broad SMARTS) is 1. The summed E-state index contributed by atoms with van der Waals surface area (Å²) >= 11 is 1.48. The van der Waals surface area contributed by atoms with Gasteiger partial charge in [-0.2, -0.15) is 0 Å². The average Bonchev–Trinajstić information content (AvgIpc) is 2.91. The predicted octanol–water partition coefficient (Wildman–Crippen LogP) is 2.04. The number of aromatic nitrogens is 1. The van der Waals surface area contributed by atoms with Crippen molar-refractivity contribution in [2.24, 2.45) is 0 Å². The molecule has 2 aromatic rings. The van der Waals surface area contributed by atoms with Gasteiger partial charge in [0.05, 0.1) is 29.7 Å². The van der Waals surface area contributed by atoms with Gasteiger partial charge in [-0.25, -0.2) is 9.78 Å². The van der Waals surface area contributed by atoms with E-state index < -0.39 is 5.97 Å². The number of carbonyl (C=O) groups excluding carboxylic acids is 1. The number of hydrogen-bond donors (Lipinski definition) is 1. The van der Waals surface area contributed by atoms with Crippen LogP contribution in [0.5, 0.6) is 0 Å². The largest absolute Gasteiger partial charge is 0.478 e. The van der Waals surface area contributed by atoms with Crippen LogP contribution < -0.4 is 0 Å². The summed E-state index contributed by atoms with van der Waals surface area (Å²) in [4.78, 5) is 28.9. The lowest BCUT2D eigenvalue weighted by Crippen LogP contribution is -2.28. The molecule has 5 nitrogen and oxygen atoms in total. The number of amides is 1. The van der Waals surface area contributed by atoms with Crippen LogP contribution in [0.3, 0.4) is 0 Å². The molecule has 0 radical (unpaired) electrons. The van der Waals surface area contributed by atoms with Crippen molar-refractivity contribution in [1.29, 1.82) is 0 Å². The third-order valence-electron chi connectivity index (χ3n) is 2.90. The van der Waals surface area contributed by atoms with E-state index in [4.69, 9.17) is 5.11 Å². The van der Waals surface area contributed by atoms with E-state index in [-0.39, 0.29) is 17.9 Å². The molecule has 0 bridgehead atoms. The van der Waals surface area contributed by atoms with Crippen LogP contribution in [-0.4, -0.2) is 33.9 Å². The minimum absolute atomic E-state index is 0.0725. The number of aromatic carboxylic acids is 1. The number of carboxylic acids is 1. The lowest BCUT2D eigenvalue weighted by atomic mass is 10.0. The molecular weight excluding hydrogens is 276 g/mol. The van der Waals surface area contributed by atoms with Gasteiger partial charge in [-0.05, 0) is 11.6 Å². The molecule has 0 aliphatic rings. The number of rotatable bonds is 5. The quantitative estimate of drug-likeness (QED) is 0.915. The predicted molar refractivity (Wildman–Crippen MR) is 75.7 cm³/mol. The van der Waals surface area contributed by atoms with Gasteiger partial charge in [0.25, 0.3) is 0 Å². The third kappa shape index (κ3) is 3.42. The molecule has 0 aliphatic carbocycles. The lowest BCUT2D eigenvalue weighted by molar-refractivity contribution is -0.129. The Balaban J connectivity index is 2.06. The number of carbonyl (C=O) groups is 2. The molecule has 0 saturated heterocycles. The Kier molecular flexibility index (Phi) is 4.47. The molecule has 104 valence electrons. The van der Waals surface area contributed by atoms with E-state index in [2.05, 4.69) is 4.98 Å². The number of hydrogen-bond acceptors (Lipinski definition) is 4. The molecule has 1 aromatic carbocycles. The van der Waals surface area contributed by atoms with E-state index in [0.29, 0.717) is 12.1 Å². The Hall–Kier alpha value is -2.21. The Morgan fingerprint density at radius 2 is 2.10 bits per heavy atom. The van der Waals surface area contributed by atoms with E-state index in [1.807, 2.05) is 5.38 Å². The van der Waals surface area contributed by atoms with Crippen LogP contribution in [0.4, 0.5) is 0 Å². The van der Waals surface area contributed by atoms with Crippen molar-refractivity contribution in [2.45, 2.75) is 13.0 Å². The molecule has 1 heterocycles. The first-order valence-electron chi connectivity index (χ1n) is 6.00. The molecule has 20 heavy (non-hydrogen) atoms. The number of thiazole rings is 1. The van der Waals surface area contributed by atoms with Gasteiger partial charge in [-0.15, -0.1) is 11.3 Å². The maximum Gasteiger partial charge on any atom is 0.335 e. The van der Waals surface area contributed by atoms with Gasteiger partial charge in [0.15, 0.2) is 0 Å². The Morgan fingerprint density at radius 1 is 1.35 bits per heavy atom. The van der Waals surface area contributed by atoms with Crippen LogP contribution in [-0.2, 0) is 17.8 Å². The summed E-state index contributed by atoms with van der Waals surface area (Å²) in [5.74, 6) is -1.15. The molecule has 0 unspecified atom stereocenters. The molecule has 1 amide bonds. The zero-order valence-electron chi connectivity index (χ0n) is 10.9. The van der Waals surface area contributed by atoms with Crippen molar-refractivity contribution < 1.29 is 14.7 Å². The second kappa shape index (κ2) is 6.29. The highest BCUT2D eigenvalue weighted by Crippen LogP contribution is 2.12. The Bertz CT molecular complexity index is 611. The SMILES string of the molecule is CN(Cc1cscn1)C(=O)Cc1ccccc1C(=O)O. The van der Waals surface area contributed by atoms with E-state index in [1.165, 1.54) is 17.4 Å². The molecule has 0 atom stereocenters. The number of benzene rings is 1. The first-order chi connectivity index (χ1) is 9.58. The van der Waals surface area contributed by atoms with Crippen LogP contribution in [0.2, 0.25) is 0 Å². The fraction of sp³-hybridized carbons (Fsp3) is 0.214. The van der Waals surface area contributed by atoms with Gasteiger partial charge in [-0.3, -0.25) is 4.79 Å². The summed E-state index contributed by atoms with van der Waals surface area (Å²) in [5.41, 5.74) is 3.24. The zero-order valence-corrected chi connectivity index (χ0v) is 11.8. The highest BCUT2D eigenvalue weighted by Gasteiger charge is 2.15. The van der Waals surface area contributed by atoms with E-state index in [1.54, 1.807) is 35.7 Å². The minimum Gasteiger partial charge on any atom is -0.478 e. The highest BCUT2D eigenvalue weighted by atomic mass is 32.1. The highest BCUT2D eigenvalue weighted by molar-refractivity contribution is 7.07. The zero-order chi connectivity index (χ0) is 14.5. The van der Waals surface area contributed by atoms with Crippen LogP contribution in [0.1, 0.15) is 21.6 Å². The maximum absolute atomic E-state index is 12.1. The van der Waals surface area contributed by atoms with Crippen molar-refractivity contribution in [3.8, 4) is 0 Å². The lowest BCUT2D eigenvalue weighted by Gasteiger charge is -2.16. The molecule has 0 spiro atoms. The van der Waals surface area contributed by atoms with Gasteiger partial charge in [0.2, 0.25) is 5.91 Å². The third-order valence-corrected chi connectivity index (χ3v) is 3.53. The van der Waals surface area contributed by atoms with E-state index in [0.717, 1.165) is 5.69 Å². The Labute approximate surface area is 120 Å². The molecule has 2 rings (SSSR count). The fourth-order valence-corrected chi connectivity index (χ4v) is 2.38. The summed E-state index contributed by atoms with van der Waals surface area (Å²) in [6, 6.07) is 6.55. The fourth-order valence-electron chi connectivity index (χ4n) is 1.83. The van der Waals surface area contributed by atoms with Crippen molar-refractivity contribution in [3.05, 3.63) is 52.0 Å². The van der Waals surface area contributed by atoms with Crippen LogP contribution in [0.15, 0.2) is 35.2 Å². The van der Waals surface area contributed by atoms with Crippen LogP contribution in [0, 0.1) is 0 Å². The van der Waals surface area contributed by atoms with Crippen LogP contribution in [0.25, 0.3) is 0 Å². The van der Waals surface area contributed by atoms with Crippen LogP contribution >= 0.6 is 11.3 Å². The van der Waals surface area contributed by atoms with Gasteiger partial charge in [0.1, 0.15) is 0 Å². The second-order valence-electron chi connectivity index (χ2n) is 4.37. The maximum atomic E-state index is 12.1. The monoisotopic (exact) mass is 290 g/mol. The van der Waals surface area contributed by atoms with Crippen molar-refractivity contribution >= 4 is 23.2 Å². The molecule has 0 fully saturated rings. The summed E-state index contributed by atoms with van der Waals surface area (Å²) in [7, 11) is 1.69. The Morgan fingerprint density at radius 3 is 2.75 bits per heavy atom. The molecule has 0 saturated carbocycles. The number of likely N-dealkylation sites (N-methyl/N-ethyl adjacent to an activating group) is 1.